The van der Waals surface area contributed by atoms with Crippen LogP contribution in [0.2, 0.25) is 0 Å². The molecule has 0 saturated heterocycles. The third-order valence-corrected chi connectivity index (χ3v) is 7.62. The molecule has 2 nitrogen and oxygen atoms in total. The number of anilines is 3. The molecule has 0 amide bonds. The smallest absolute Gasteiger partial charge is 0.151 e. The summed E-state index contributed by atoms with van der Waals surface area (Å²) in [5.74, 6) is 1.73. The van der Waals surface area contributed by atoms with E-state index in [1.165, 1.54) is 43.4 Å². The van der Waals surface area contributed by atoms with Gasteiger partial charge in [-0.3, -0.25) is 0 Å². The molecule has 38 heavy (non-hydrogen) atoms. The van der Waals surface area contributed by atoms with Crippen LogP contribution in [0.5, 0.6) is 11.5 Å². The van der Waals surface area contributed by atoms with Crippen LogP contribution in [0.1, 0.15) is 0 Å². The van der Waals surface area contributed by atoms with Crippen molar-refractivity contribution in [2.75, 3.05) is 4.90 Å². The quantitative estimate of drug-likeness (QED) is 0.226. The molecule has 1 aliphatic heterocycles. The van der Waals surface area contributed by atoms with Gasteiger partial charge >= 0.3 is 0 Å². The van der Waals surface area contributed by atoms with E-state index in [2.05, 4.69) is 120 Å². The van der Waals surface area contributed by atoms with Gasteiger partial charge in [-0.1, -0.05) is 97.1 Å². The number of rotatable bonds is 2. The summed E-state index contributed by atoms with van der Waals surface area (Å²) < 4.78 is 6.25. The van der Waals surface area contributed by atoms with E-state index in [9.17, 15) is 0 Å². The molecule has 0 spiro atoms. The third kappa shape index (κ3) is 3.14. The molecule has 1 heterocycles. The standard InChI is InChI=1S/C36H23NO/c1-2-10-24(11-3-1)25-18-20-29-30-21-19-26(23-32(30)28-13-5-4-12-27(28)31(29)22-25)37-33-14-6-8-16-35(33)38-36-17-9-7-15-34(36)37/h1-23H. The Hall–Kier alpha value is -5.08. The molecule has 2 heteroatoms. The molecule has 7 aromatic carbocycles. The fourth-order valence-corrected chi connectivity index (χ4v) is 5.88. The zero-order chi connectivity index (χ0) is 25.1. The Morgan fingerprint density at radius 1 is 0.368 bits per heavy atom. The highest BCUT2D eigenvalue weighted by atomic mass is 16.5. The normalized spacial score (nSPS) is 12.4. The predicted octanol–water partition coefficient (Wildman–Crippen LogP) is 10.4. The van der Waals surface area contributed by atoms with E-state index in [-0.39, 0.29) is 0 Å². The van der Waals surface area contributed by atoms with E-state index < -0.39 is 0 Å². The van der Waals surface area contributed by atoms with Gasteiger partial charge in [0.2, 0.25) is 0 Å². The van der Waals surface area contributed by atoms with Gasteiger partial charge in [-0.2, -0.15) is 0 Å². The molecule has 7 aromatic rings. The highest BCUT2D eigenvalue weighted by molar-refractivity contribution is 6.26. The molecule has 0 bridgehead atoms. The molecule has 178 valence electrons. The van der Waals surface area contributed by atoms with Crippen LogP contribution < -0.4 is 9.64 Å². The summed E-state index contributed by atoms with van der Waals surface area (Å²) in [6, 6.07) is 49.6. The van der Waals surface area contributed by atoms with Crippen molar-refractivity contribution in [2.45, 2.75) is 0 Å². The summed E-state index contributed by atoms with van der Waals surface area (Å²) in [5.41, 5.74) is 5.68. The molecule has 0 saturated carbocycles. The third-order valence-electron chi connectivity index (χ3n) is 7.62. The van der Waals surface area contributed by atoms with Crippen LogP contribution >= 0.6 is 0 Å². The van der Waals surface area contributed by atoms with Crippen LogP contribution in [0.4, 0.5) is 17.1 Å². The van der Waals surface area contributed by atoms with Gasteiger partial charge in [0.25, 0.3) is 0 Å². The first-order valence-electron chi connectivity index (χ1n) is 12.9. The Morgan fingerprint density at radius 3 is 1.58 bits per heavy atom. The fourth-order valence-electron chi connectivity index (χ4n) is 5.88. The number of fused-ring (bicyclic) bond motifs is 8. The number of nitrogens with zero attached hydrogens (tertiary/aromatic N) is 1. The summed E-state index contributed by atoms with van der Waals surface area (Å²) in [6.07, 6.45) is 0. The number of hydrogen-bond donors (Lipinski definition) is 0. The number of para-hydroxylation sites is 4. The highest BCUT2D eigenvalue weighted by Gasteiger charge is 2.25. The minimum Gasteiger partial charge on any atom is -0.453 e. The van der Waals surface area contributed by atoms with Crippen molar-refractivity contribution in [1.82, 2.24) is 0 Å². The van der Waals surface area contributed by atoms with Gasteiger partial charge < -0.3 is 9.64 Å². The molecular weight excluding hydrogens is 462 g/mol. The van der Waals surface area contributed by atoms with Crippen molar-refractivity contribution in [2.24, 2.45) is 0 Å². The van der Waals surface area contributed by atoms with Gasteiger partial charge in [0.15, 0.2) is 11.5 Å². The maximum absolute atomic E-state index is 6.25. The minimum atomic E-state index is 0.864. The summed E-state index contributed by atoms with van der Waals surface area (Å²) in [5, 5.41) is 7.60. The second-order valence-electron chi connectivity index (χ2n) is 9.77. The molecular formula is C36H23NO. The van der Waals surface area contributed by atoms with Crippen LogP contribution in [-0.2, 0) is 0 Å². The Morgan fingerprint density at radius 2 is 0.895 bits per heavy atom. The van der Waals surface area contributed by atoms with Crippen molar-refractivity contribution in [1.29, 1.82) is 0 Å². The molecule has 0 radical (unpaired) electrons. The van der Waals surface area contributed by atoms with Crippen molar-refractivity contribution in [3.05, 3.63) is 140 Å². The van der Waals surface area contributed by atoms with Crippen molar-refractivity contribution >= 4 is 49.4 Å². The fraction of sp³-hybridized carbons (Fsp3) is 0. The Bertz CT molecular complexity index is 1940. The van der Waals surface area contributed by atoms with Crippen molar-refractivity contribution in [3.8, 4) is 22.6 Å². The zero-order valence-corrected chi connectivity index (χ0v) is 20.6. The van der Waals surface area contributed by atoms with Gasteiger partial charge in [0.05, 0.1) is 11.4 Å². The summed E-state index contributed by atoms with van der Waals surface area (Å²) in [7, 11) is 0. The highest BCUT2D eigenvalue weighted by Crippen LogP contribution is 2.51. The molecule has 1 aliphatic rings. The van der Waals surface area contributed by atoms with E-state index in [0.29, 0.717) is 0 Å². The van der Waals surface area contributed by atoms with Crippen LogP contribution in [0.25, 0.3) is 43.4 Å². The molecule has 0 aromatic heterocycles. The molecule has 0 unspecified atom stereocenters. The van der Waals surface area contributed by atoms with Gasteiger partial charge in [0.1, 0.15) is 0 Å². The lowest BCUT2D eigenvalue weighted by Crippen LogP contribution is -2.15. The van der Waals surface area contributed by atoms with Crippen LogP contribution in [0, 0.1) is 0 Å². The second kappa shape index (κ2) is 8.22. The lowest BCUT2D eigenvalue weighted by atomic mass is 9.91. The van der Waals surface area contributed by atoms with Crippen LogP contribution in [0.15, 0.2) is 140 Å². The minimum absolute atomic E-state index is 0.864. The summed E-state index contributed by atoms with van der Waals surface area (Å²) in [6.45, 7) is 0. The van der Waals surface area contributed by atoms with E-state index in [4.69, 9.17) is 4.74 Å². The SMILES string of the molecule is c1ccc(-c2ccc3c4ccc(N5c6ccccc6Oc6ccccc65)cc4c4ccccc4c3c2)cc1. The van der Waals surface area contributed by atoms with Crippen LogP contribution in [0.3, 0.4) is 0 Å². The maximum Gasteiger partial charge on any atom is 0.151 e. The average molecular weight is 486 g/mol. The predicted molar refractivity (Wildman–Crippen MR) is 159 cm³/mol. The Kier molecular flexibility index (Phi) is 4.55. The molecule has 0 aliphatic carbocycles. The lowest BCUT2D eigenvalue weighted by molar-refractivity contribution is 0.477. The first kappa shape index (κ1) is 21.0. The van der Waals surface area contributed by atoms with Crippen molar-refractivity contribution < 1.29 is 4.74 Å². The second-order valence-corrected chi connectivity index (χ2v) is 9.77. The molecule has 0 atom stereocenters. The summed E-state index contributed by atoms with van der Waals surface area (Å²) >= 11 is 0. The molecule has 8 rings (SSSR count). The first-order valence-corrected chi connectivity index (χ1v) is 12.9. The van der Waals surface area contributed by atoms with E-state index >= 15 is 0 Å². The number of ether oxygens (including phenoxy) is 1. The lowest BCUT2D eigenvalue weighted by Gasteiger charge is -2.33. The van der Waals surface area contributed by atoms with E-state index in [1.807, 2.05) is 24.3 Å². The monoisotopic (exact) mass is 485 g/mol. The Labute approximate surface area is 221 Å². The van der Waals surface area contributed by atoms with Gasteiger partial charge in [-0.15, -0.1) is 0 Å². The van der Waals surface area contributed by atoms with E-state index in [0.717, 1.165) is 28.6 Å². The largest absolute Gasteiger partial charge is 0.453 e. The summed E-state index contributed by atoms with van der Waals surface area (Å²) in [4.78, 5) is 2.31. The number of benzene rings is 7. The molecule has 0 N–H and O–H groups in total. The van der Waals surface area contributed by atoms with Gasteiger partial charge in [-0.25, -0.2) is 0 Å². The van der Waals surface area contributed by atoms with Crippen LogP contribution in [-0.4, -0.2) is 0 Å². The van der Waals surface area contributed by atoms with Gasteiger partial charge in [0, 0.05) is 5.69 Å². The first-order chi connectivity index (χ1) is 18.8. The number of hydrogen-bond acceptors (Lipinski definition) is 2. The topological polar surface area (TPSA) is 12.5 Å². The maximum atomic E-state index is 6.25. The Balaban J connectivity index is 1.40. The van der Waals surface area contributed by atoms with E-state index in [1.54, 1.807) is 0 Å². The average Bonchev–Trinajstić information content (AvgIpc) is 3.00. The molecule has 0 fully saturated rings. The van der Waals surface area contributed by atoms with Crippen molar-refractivity contribution in [3.63, 3.8) is 0 Å². The van der Waals surface area contributed by atoms with Gasteiger partial charge in [-0.05, 0) is 85.9 Å². The zero-order valence-electron chi connectivity index (χ0n) is 20.6.